The summed E-state index contributed by atoms with van der Waals surface area (Å²) in [5, 5.41) is 20.4. The van der Waals surface area contributed by atoms with Crippen molar-refractivity contribution in [3.63, 3.8) is 0 Å². The van der Waals surface area contributed by atoms with Gasteiger partial charge in [-0.2, -0.15) is 5.26 Å². The van der Waals surface area contributed by atoms with Crippen molar-refractivity contribution in [2.45, 2.75) is 26.8 Å². The van der Waals surface area contributed by atoms with E-state index in [0.717, 1.165) is 0 Å². The van der Waals surface area contributed by atoms with Gasteiger partial charge in [-0.25, -0.2) is 4.79 Å². The lowest BCUT2D eigenvalue weighted by molar-refractivity contribution is -0.142. The van der Waals surface area contributed by atoms with Crippen LogP contribution in [0.3, 0.4) is 0 Å². The van der Waals surface area contributed by atoms with Crippen LogP contribution in [0.25, 0.3) is 0 Å². The predicted molar refractivity (Wildman–Crippen MR) is 69.5 cm³/mol. The van der Waals surface area contributed by atoms with E-state index in [9.17, 15) is 9.59 Å². The Morgan fingerprint density at radius 1 is 1.37 bits per heavy atom. The summed E-state index contributed by atoms with van der Waals surface area (Å²) in [4.78, 5) is 23.2. The molecule has 0 aromatic heterocycles. The molecule has 1 aromatic rings. The maximum atomic E-state index is 12.0. The highest BCUT2D eigenvalue weighted by molar-refractivity contribution is 5.97. The molecule has 1 atom stereocenters. The van der Waals surface area contributed by atoms with E-state index in [0.29, 0.717) is 5.56 Å². The van der Waals surface area contributed by atoms with E-state index >= 15 is 0 Å². The third-order valence-electron chi connectivity index (χ3n) is 2.64. The van der Waals surface area contributed by atoms with Crippen LogP contribution in [-0.2, 0) is 4.79 Å². The van der Waals surface area contributed by atoms with Gasteiger partial charge in [0.15, 0.2) is 0 Å². The average molecular weight is 260 g/mol. The van der Waals surface area contributed by atoms with E-state index in [1.54, 1.807) is 32.9 Å². The largest absolute Gasteiger partial charge is 0.480 e. The molecule has 1 aromatic carbocycles. The number of amides is 1. The van der Waals surface area contributed by atoms with Gasteiger partial charge in [0.05, 0.1) is 11.6 Å². The summed E-state index contributed by atoms with van der Waals surface area (Å²) in [7, 11) is 0. The molecular weight excluding hydrogens is 244 g/mol. The molecule has 0 unspecified atom stereocenters. The fourth-order valence-electron chi connectivity index (χ4n) is 1.59. The number of aliphatic carboxylic acids is 1. The molecule has 0 aliphatic carbocycles. The number of carboxylic acid groups (broad SMARTS) is 1. The zero-order valence-corrected chi connectivity index (χ0v) is 11.1. The third-order valence-corrected chi connectivity index (χ3v) is 2.64. The first-order chi connectivity index (χ1) is 8.75. The van der Waals surface area contributed by atoms with Crippen molar-refractivity contribution in [3.05, 3.63) is 35.4 Å². The van der Waals surface area contributed by atoms with E-state index < -0.39 is 23.3 Å². The number of hydrogen-bond donors (Lipinski definition) is 2. The van der Waals surface area contributed by atoms with Crippen molar-refractivity contribution in [1.29, 1.82) is 5.26 Å². The van der Waals surface area contributed by atoms with Gasteiger partial charge in [-0.3, -0.25) is 4.79 Å². The van der Waals surface area contributed by atoms with Crippen LogP contribution in [0.2, 0.25) is 0 Å². The normalized spacial score (nSPS) is 12.3. The van der Waals surface area contributed by atoms with Gasteiger partial charge >= 0.3 is 5.97 Å². The molecule has 0 aliphatic heterocycles. The monoisotopic (exact) mass is 260 g/mol. The molecule has 0 radical (unpaired) electrons. The SMILES string of the molecule is CC(C)(C)[C@@H](NC(=O)c1cccc(C#N)c1)C(=O)O. The summed E-state index contributed by atoms with van der Waals surface area (Å²) in [5.74, 6) is -1.59. The van der Waals surface area contributed by atoms with E-state index in [-0.39, 0.29) is 5.56 Å². The van der Waals surface area contributed by atoms with Gasteiger partial charge < -0.3 is 10.4 Å². The maximum absolute atomic E-state index is 12.0. The van der Waals surface area contributed by atoms with Gasteiger partial charge in [-0.1, -0.05) is 26.8 Å². The molecular formula is C14H16N2O3. The minimum Gasteiger partial charge on any atom is -0.480 e. The Kier molecular flexibility index (Phi) is 4.28. The molecule has 100 valence electrons. The molecule has 0 fully saturated rings. The third kappa shape index (κ3) is 3.81. The summed E-state index contributed by atoms with van der Waals surface area (Å²) < 4.78 is 0. The van der Waals surface area contributed by atoms with Crippen LogP contribution in [0.5, 0.6) is 0 Å². The Hall–Kier alpha value is -2.35. The van der Waals surface area contributed by atoms with Crippen molar-refractivity contribution >= 4 is 11.9 Å². The van der Waals surface area contributed by atoms with Gasteiger partial charge in [0.2, 0.25) is 0 Å². The van der Waals surface area contributed by atoms with E-state index in [2.05, 4.69) is 5.32 Å². The molecule has 0 aliphatic rings. The van der Waals surface area contributed by atoms with Crippen LogP contribution >= 0.6 is 0 Å². The average Bonchev–Trinajstić information content (AvgIpc) is 2.33. The number of nitrogens with one attached hydrogen (secondary N) is 1. The van der Waals surface area contributed by atoms with Crippen LogP contribution in [0.1, 0.15) is 36.7 Å². The zero-order chi connectivity index (χ0) is 14.6. The minimum absolute atomic E-state index is 0.273. The summed E-state index contributed by atoms with van der Waals surface area (Å²) in [6, 6.07) is 7.07. The molecule has 1 amide bonds. The van der Waals surface area contributed by atoms with Crippen LogP contribution in [-0.4, -0.2) is 23.0 Å². The molecule has 1 rings (SSSR count). The highest BCUT2D eigenvalue weighted by Gasteiger charge is 2.32. The molecule has 2 N–H and O–H groups in total. The van der Waals surface area contributed by atoms with E-state index in [1.807, 2.05) is 6.07 Å². The number of carbonyl (C=O) groups excluding carboxylic acids is 1. The molecule has 0 spiro atoms. The van der Waals surface area contributed by atoms with Crippen molar-refractivity contribution in [2.75, 3.05) is 0 Å². The zero-order valence-electron chi connectivity index (χ0n) is 11.1. The quantitative estimate of drug-likeness (QED) is 0.866. The number of nitrogens with zero attached hydrogens (tertiary/aromatic N) is 1. The Balaban J connectivity index is 2.95. The standard InChI is InChI=1S/C14H16N2O3/c1-14(2,3)11(13(18)19)16-12(17)10-6-4-5-9(7-10)8-15/h4-7,11H,1-3H3,(H,16,17)(H,18,19)/t11-/m0/s1. The van der Waals surface area contributed by atoms with Crippen molar-refractivity contribution < 1.29 is 14.7 Å². The molecule has 5 heteroatoms. The molecule has 0 heterocycles. The van der Waals surface area contributed by atoms with Gasteiger partial charge in [0.1, 0.15) is 6.04 Å². The van der Waals surface area contributed by atoms with Crippen molar-refractivity contribution in [2.24, 2.45) is 5.41 Å². The Morgan fingerprint density at radius 2 is 2.00 bits per heavy atom. The van der Waals surface area contributed by atoms with Crippen molar-refractivity contribution in [1.82, 2.24) is 5.32 Å². The van der Waals surface area contributed by atoms with Crippen LogP contribution in [0.15, 0.2) is 24.3 Å². The van der Waals surface area contributed by atoms with Gasteiger partial charge in [0.25, 0.3) is 5.91 Å². The minimum atomic E-state index is -1.09. The molecule has 0 saturated carbocycles. The Labute approximate surface area is 111 Å². The van der Waals surface area contributed by atoms with Crippen molar-refractivity contribution in [3.8, 4) is 6.07 Å². The topological polar surface area (TPSA) is 90.2 Å². The first-order valence-corrected chi connectivity index (χ1v) is 5.79. The number of rotatable bonds is 3. The van der Waals surface area contributed by atoms with E-state index in [1.165, 1.54) is 12.1 Å². The van der Waals surface area contributed by atoms with Gasteiger partial charge in [-0.15, -0.1) is 0 Å². The smallest absolute Gasteiger partial charge is 0.326 e. The molecule has 0 saturated heterocycles. The Morgan fingerprint density at radius 3 is 2.47 bits per heavy atom. The summed E-state index contributed by atoms with van der Waals surface area (Å²) in [6.45, 7) is 5.20. The second-order valence-corrected chi connectivity index (χ2v) is 5.30. The number of benzene rings is 1. The lowest BCUT2D eigenvalue weighted by Crippen LogP contribution is -2.49. The summed E-state index contributed by atoms with van der Waals surface area (Å²) in [5.41, 5.74) is 0.0266. The highest BCUT2D eigenvalue weighted by atomic mass is 16.4. The lowest BCUT2D eigenvalue weighted by atomic mass is 9.86. The number of hydrogen-bond acceptors (Lipinski definition) is 3. The summed E-state index contributed by atoms with van der Waals surface area (Å²) in [6.07, 6.45) is 0. The lowest BCUT2D eigenvalue weighted by Gasteiger charge is -2.27. The first-order valence-electron chi connectivity index (χ1n) is 5.79. The van der Waals surface area contributed by atoms with Crippen LogP contribution in [0, 0.1) is 16.7 Å². The van der Waals surface area contributed by atoms with Crippen LogP contribution < -0.4 is 5.32 Å². The van der Waals surface area contributed by atoms with Gasteiger partial charge in [0, 0.05) is 5.56 Å². The first kappa shape index (κ1) is 14.7. The maximum Gasteiger partial charge on any atom is 0.326 e. The fourth-order valence-corrected chi connectivity index (χ4v) is 1.59. The van der Waals surface area contributed by atoms with E-state index in [4.69, 9.17) is 10.4 Å². The number of nitriles is 1. The summed E-state index contributed by atoms with van der Waals surface area (Å²) >= 11 is 0. The molecule has 0 bridgehead atoms. The predicted octanol–water partition coefficient (Wildman–Crippen LogP) is 1.79. The second-order valence-electron chi connectivity index (χ2n) is 5.30. The highest BCUT2D eigenvalue weighted by Crippen LogP contribution is 2.20. The van der Waals surface area contributed by atoms with Crippen LogP contribution in [0.4, 0.5) is 0 Å². The number of carboxylic acids is 1. The second kappa shape index (κ2) is 5.53. The molecule has 5 nitrogen and oxygen atoms in total. The Bertz CT molecular complexity index is 538. The number of carbonyl (C=O) groups is 2. The molecule has 19 heavy (non-hydrogen) atoms. The van der Waals surface area contributed by atoms with Gasteiger partial charge in [-0.05, 0) is 23.6 Å². The fraction of sp³-hybridized carbons (Fsp3) is 0.357.